The van der Waals surface area contributed by atoms with Gasteiger partial charge in [-0.15, -0.1) is 0 Å². The van der Waals surface area contributed by atoms with Gasteiger partial charge in [-0.3, -0.25) is 4.79 Å². The number of hydrogen-bond acceptors (Lipinski definition) is 3. The van der Waals surface area contributed by atoms with Crippen LogP contribution in [0.15, 0.2) is 42.5 Å². The molecule has 0 saturated carbocycles. The molecule has 4 heteroatoms. The standard InChI is InChI=1S/C17H17NO3/c1-18-15-7-6-12(8-13(15)10-16(18)19)17(20)11-4-3-5-14(9-11)21-2/h3-9,17,20H,10H2,1-2H3. The lowest BCUT2D eigenvalue weighted by atomic mass is 9.98. The zero-order chi connectivity index (χ0) is 15.0. The van der Waals surface area contributed by atoms with Gasteiger partial charge in [0, 0.05) is 12.7 Å². The monoisotopic (exact) mass is 283 g/mol. The van der Waals surface area contributed by atoms with Gasteiger partial charge in [-0.1, -0.05) is 24.3 Å². The number of benzene rings is 2. The van der Waals surface area contributed by atoms with E-state index in [-0.39, 0.29) is 5.91 Å². The van der Waals surface area contributed by atoms with Gasteiger partial charge in [0.05, 0.1) is 13.5 Å². The number of aliphatic hydroxyl groups is 1. The van der Waals surface area contributed by atoms with Crippen LogP contribution >= 0.6 is 0 Å². The number of carbonyl (C=O) groups is 1. The Kier molecular flexibility index (Phi) is 3.39. The number of nitrogens with zero attached hydrogens (tertiary/aromatic N) is 1. The van der Waals surface area contributed by atoms with Crippen molar-refractivity contribution >= 4 is 11.6 Å². The average Bonchev–Trinajstić information content (AvgIpc) is 2.81. The van der Waals surface area contributed by atoms with Crippen molar-refractivity contribution in [3.8, 4) is 5.75 Å². The van der Waals surface area contributed by atoms with Crippen LogP contribution < -0.4 is 9.64 Å². The fourth-order valence-corrected chi connectivity index (χ4v) is 2.66. The van der Waals surface area contributed by atoms with Gasteiger partial charge in [-0.25, -0.2) is 0 Å². The number of rotatable bonds is 3. The normalized spacial score (nSPS) is 15.0. The molecule has 0 bridgehead atoms. The van der Waals surface area contributed by atoms with Crippen molar-refractivity contribution in [2.24, 2.45) is 0 Å². The van der Waals surface area contributed by atoms with E-state index in [0.29, 0.717) is 12.2 Å². The lowest BCUT2D eigenvalue weighted by molar-refractivity contribution is -0.117. The van der Waals surface area contributed by atoms with Crippen molar-refractivity contribution in [2.75, 3.05) is 19.1 Å². The molecule has 0 aromatic heterocycles. The van der Waals surface area contributed by atoms with Crippen LogP contribution in [-0.2, 0) is 11.2 Å². The van der Waals surface area contributed by atoms with E-state index in [2.05, 4.69) is 0 Å². The summed E-state index contributed by atoms with van der Waals surface area (Å²) in [4.78, 5) is 13.4. The molecule has 2 aromatic carbocycles. The molecule has 0 radical (unpaired) electrons. The predicted octanol–water partition coefficient (Wildman–Crippen LogP) is 2.30. The molecule has 1 atom stereocenters. The first-order chi connectivity index (χ1) is 10.1. The molecular weight excluding hydrogens is 266 g/mol. The second-order valence-electron chi connectivity index (χ2n) is 5.20. The maximum Gasteiger partial charge on any atom is 0.231 e. The summed E-state index contributed by atoms with van der Waals surface area (Å²) in [5.74, 6) is 0.792. The molecule has 108 valence electrons. The molecule has 4 nitrogen and oxygen atoms in total. The summed E-state index contributed by atoms with van der Waals surface area (Å²) in [7, 11) is 3.37. The Morgan fingerprint density at radius 3 is 2.71 bits per heavy atom. The number of methoxy groups -OCH3 is 1. The maximum absolute atomic E-state index is 11.7. The number of aliphatic hydroxyl groups excluding tert-OH is 1. The third-order valence-electron chi connectivity index (χ3n) is 3.91. The van der Waals surface area contributed by atoms with Gasteiger partial charge in [-0.05, 0) is 34.9 Å². The second-order valence-corrected chi connectivity index (χ2v) is 5.20. The van der Waals surface area contributed by atoms with Crippen LogP contribution in [0.3, 0.4) is 0 Å². The number of likely N-dealkylation sites (N-methyl/N-ethyl adjacent to an activating group) is 1. The van der Waals surface area contributed by atoms with Gasteiger partial charge in [0.15, 0.2) is 0 Å². The smallest absolute Gasteiger partial charge is 0.231 e. The molecule has 0 spiro atoms. The SMILES string of the molecule is COc1cccc(C(O)c2ccc3c(c2)CC(=O)N3C)c1. The lowest BCUT2D eigenvalue weighted by Crippen LogP contribution is -2.20. The highest BCUT2D eigenvalue weighted by Crippen LogP contribution is 2.32. The Labute approximate surface area is 123 Å². The molecule has 1 aliphatic heterocycles. The number of fused-ring (bicyclic) bond motifs is 1. The van der Waals surface area contributed by atoms with Crippen LogP contribution in [0.1, 0.15) is 22.8 Å². The van der Waals surface area contributed by atoms with Gasteiger partial charge in [0.2, 0.25) is 5.91 Å². The topological polar surface area (TPSA) is 49.8 Å². The van der Waals surface area contributed by atoms with Gasteiger partial charge in [0.1, 0.15) is 11.9 Å². The number of ether oxygens (including phenoxy) is 1. The van der Waals surface area contributed by atoms with Gasteiger partial charge >= 0.3 is 0 Å². The minimum Gasteiger partial charge on any atom is -0.497 e. The van der Waals surface area contributed by atoms with Crippen molar-refractivity contribution in [3.05, 3.63) is 59.2 Å². The predicted molar refractivity (Wildman–Crippen MR) is 80.6 cm³/mol. The zero-order valence-corrected chi connectivity index (χ0v) is 12.0. The van der Waals surface area contributed by atoms with E-state index >= 15 is 0 Å². The molecule has 1 unspecified atom stereocenters. The largest absolute Gasteiger partial charge is 0.497 e. The quantitative estimate of drug-likeness (QED) is 0.940. The summed E-state index contributed by atoms with van der Waals surface area (Å²) in [5.41, 5.74) is 3.43. The number of hydrogen-bond donors (Lipinski definition) is 1. The molecule has 21 heavy (non-hydrogen) atoms. The first kappa shape index (κ1) is 13.6. The van der Waals surface area contributed by atoms with Gasteiger partial charge in [0.25, 0.3) is 0 Å². The van der Waals surface area contributed by atoms with E-state index in [9.17, 15) is 9.90 Å². The average molecular weight is 283 g/mol. The molecule has 0 aliphatic carbocycles. The Bertz CT molecular complexity index is 696. The lowest BCUT2D eigenvalue weighted by Gasteiger charge is -2.15. The summed E-state index contributed by atoms with van der Waals surface area (Å²) < 4.78 is 5.18. The maximum atomic E-state index is 11.7. The Balaban J connectivity index is 1.94. The van der Waals surface area contributed by atoms with Gasteiger partial charge < -0.3 is 14.7 Å². The fraction of sp³-hybridized carbons (Fsp3) is 0.235. The van der Waals surface area contributed by atoms with Crippen LogP contribution in [0, 0.1) is 0 Å². The van der Waals surface area contributed by atoms with E-state index in [4.69, 9.17) is 4.74 Å². The van der Waals surface area contributed by atoms with Crippen molar-refractivity contribution in [1.82, 2.24) is 0 Å². The zero-order valence-electron chi connectivity index (χ0n) is 12.0. The molecule has 3 rings (SSSR count). The Hall–Kier alpha value is -2.33. The summed E-state index contributed by atoms with van der Waals surface area (Å²) in [6.45, 7) is 0. The van der Waals surface area contributed by atoms with E-state index in [1.807, 2.05) is 42.5 Å². The van der Waals surface area contributed by atoms with Crippen LogP contribution in [-0.4, -0.2) is 25.2 Å². The van der Waals surface area contributed by atoms with E-state index < -0.39 is 6.10 Å². The molecule has 1 aliphatic rings. The van der Waals surface area contributed by atoms with Crippen LogP contribution in [0.2, 0.25) is 0 Å². The van der Waals surface area contributed by atoms with Crippen LogP contribution in [0.4, 0.5) is 5.69 Å². The van der Waals surface area contributed by atoms with Crippen molar-refractivity contribution in [3.63, 3.8) is 0 Å². The highest BCUT2D eigenvalue weighted by atomic mass is 16.5. The van der Waals surface area contributed by atoms with Crippen LogP contribution in [0.25, 0.3) is 0 Å². The number of anilines is 1. The molecule has 0 saturated heterocycles. The van der Waals surface area contributed by atoms with Crippen molar-refractivity contribution in [2.45, 2.75) is 12.5 Å². The summed E-state index contributed by atoms with van der Waals surface area (Å²) >= 11 is 0. The van der Waals surface area contributed by atoms with Crippen LogP contribution in [0.5, 0.6) is 5.75 Å². The molecule has 2 aromatic rings. The Morgan fingerprint density at radius 1 is 1.19 bits per heavy atom. The van der Waals surface area contributed by atoms with E-state index in [0.717, 1.165) is 22.4 Å². The van der Waals surface area contributed by atoms with E-state index in [1.54, 1.807) is 19.1 Å². The molecular formula is C17H17NO3. The summed E-state index contributed by atoms with van der Waals surface area (Å²) in [6.07, 6.45) is -0.337. The number of carbonyl (C=O) groups excluding carboxylic acids is 1. The first-order valence-electron chi connectivity index (χ1n) is 6.81. The van der Waals surface area contributed by atoms with Crippen molar-refractivity contribution in [1.29, 1.82) is 0 Å². The minimum atomic E-state index is -0.730. The Morgan fingerprint density at radius 2 is 1.95 bits per heavy atom. The first-order valence-corrected chi connectivity index (χ1v) is 6.81. The molecule has 1 heterocycles. The number of amides is 1. The van der Waals surface area contributed by atoms with Gasteiger partial charge in [-0.2, -0.15) is 0 Å². The fourth-order valence-electron chi connectivity index (χ4n) is 2.66. The molecule has 1 N–H and O–H groups in total. The van der Waals surface area contributed by atoms with E-state index in [1.165, 1.54) is 0 Å². The summed E-state index contributed by atoms with van der Waals surface area (Å²) in [6, 6.07) is 13.0. The highest BCUT2D eigenvalue weighted by Gasteiger charge is 2.25. The highest BCUT2D eigenvalue weighted by molar-refractivity contribution is 6.00. The second kappa shape index (κ2) is 5.22. The molecule has 1 amide bonds. The molecule has 0 fully saturated rings. The van der Waals surface area contributed by atoms with Crippen molar-refractivity contribution < 1.29 is 14.6 Å². The third kappa shape index (κ3) is 2.38. The minimum absolute atomic E-state index is 0.0815. The third-order valence-corrected chi connectivity index (χ3v) is 3.91. The summed E-state index contributed by atoms with van der Waals surface area (Å²) in [5, 5.41) is 10.5.